The van der Waals surface area contributed by atoms with Crippen LogP contribution in [-0.4, -0.2) is 26.6 Å². The van der Waals surface area contributed by atoms with Crippen molar-refractivity contribution >= 4 is 11.8 Å². The molecule has 5 nitrogen and oxygen atoms in total. The van der Waals surface area contributed by atoms with E-state index in [1.165, 1.54) is 10.9 Å². The van der Waals surface area contributed by atoms with Crippen LogP contribution in [0.4, 0.5) is 0 Å². The lowest BCUT2D eigenvalue weighted by molar-refractivity contribution is -0.131. The van der Waals surface area contributed by atoms with E-state index < -0.39 is 11.8 Å². The van der Waals surface area contributed by atoms with Crippen LogP contribution < -0.4 is 0 Å². The first-order valence-corrected chi connectivity index (χ1v) is 3.30. The molecule has 64 valence electrons. The second-order valence-electron chi connectivity index (χ2n) is 2.40. The average molecular weight is 168 g/mol. The van der Waals surface area contributed by atoms with Gasteiger partial charge in [-0.1, -0.05) is 0 Å². The van der Waals surface area contributed by atoms with Crippen LogP contribution in [-0.2, 0) is 11.8 Å². The number of carboxylic acid groups (broad SMARTS) is 1. The molecule has 1 rings (SSSR count). The molecular weight excluding hydrogens is 160 g/mol. The molecule has 0 amide bonds. The summed E-state index contributed by atoms with van der Waals surface area (Å²) in [5.74, 6) is -2.37. The fraction of sp³-hybridized carbons (Fsp3) is 0.286. The van der Waals surface area contributed by atoms with Gasteiger partial charge in [0.1, 0.15) is 0 Å². The molecule has 0 aliphatic carbocycles. The molecule has 0 saturated heterocycles. The van der Waals surface area contributed by atoms with Crippen LogP contribution in [0.1, 0.15) is 16.1 Å². The summed E-state index contributed by atoms with van der Waals surface area (Å²) in [5, 5.41) is 12.1. The van der Waals surface area contributed by atoms with Crippen LogP contribution in [0.5, 0.6) is 0 Å². The molecule has 1 N–H and O–H groups in total. The Morgan fingerprint density at radius 1 is 1.58 bits per heavy atom. The van der Waals surface area contributed by atoms with Crippen molar-refractivity contribution in [1.82, 2.24) is 9.78 Å². The number of nitrogens with zero attached hydrogens (tertiary/aromatic N) is 2. The number of Topliss-reactive ketones (excluding diaryl/α,β-unsaturated/α-hetero) is 1. The van der Waals surface area contributed by atoms with E-state index in [-0.39, 0.29) is 5.56 Å². The SMILES string of the molecule is Cc1c(C(=O)C(=O)O)cnn1C. The molecule has 1 heterocycles. The molecule has 0 unspecified atom stereocenters. The second kappa shape index (κ2) is 2.77. The molecule has 0 aromatic carbocycles. The third kappa shape index (κ3) is 1.20. The molecule has 0 radical (unpaired) electrons. The Morgan fingerprint density at radius 2 is 2.17 bits per heavy atom. The van der Waals surface area contributed by atoms with E-state index in [2.05, 4.69) is 5.10 Å². The third-order valence-corrected chi connectivity index (χ3v) is 1.67. The van der Waals surface area contributed by atoms with E-state index in [1.807, 2.05) is 0 Å². The van der Waals surface area contributed by atoms with Gasteiger partial charge in [0.25, 0.3) is 5.78 Å². The Bertz CT molecular complexity index is 340. The van der Waals surface area contributed by atoms with E-state index in [0.29, 0.717) is 5.69 Å². The minimum Gasteiger partial charge on any atom is -0.475 e. The Morgan fingerprint density at radius 3 is 2.50 bits per heavy atom. The minimum atomic E-state index is -1.45. The van der Waals surface area contributed by atoms with Crippen molar-refractivity contribution in [3.8, 4) is 0 Å². The van der Waals surface area contributed by atoms with Crippen LogP contribution in [0.15, 0.2) is 6.20 Å². The van der Waals surface area contributed by atoms with Crippen molar-refractivity contribution in [1.29, 1.82) is 0 Å². The standard InChI is InChI=1S/C7H8N2O3/c1-4-5(3-8-9(4)2)6(10)7(11)12/h3H,1-2H3,(H,11,12). The van der Waals surface area contributed by atoms with Gasteiger partial charge in [0.05, 0.1) is 11.8 Å². The van der Waals surface area contributed by atoms with E-state index in [4.69, 9.17) is 5.11 Å². The summed E-state index contributed by atoms with van der Waals surface area (Å²) in [5.41, 5.74) is 0.701. The predicted molar refractivity (Wildman–Crippen MR) is 39.9 cm³/mol. The number of carboxylic acids is 1. The molecule has 1 aromatic rings. The number of aromatic nitrogens is 2. The molecule has 0 saturated carbocycles. The molecule has 0 aliphatic rings. The monoisotopic (exact) mass is 168 g/mol. The first kappa shape index (κ1) is 8.45. The molecule has 0 spiro atoms. The van der Waals surface area contributed by atoms with Gasteiger partial charge in [-0.25, -0.2) is 4.79 Å². The van der Waals surface area contributed by atoms with Gasteiger partial charge in [-0.15, -0.1) is 0 Å². The zero-order chi connectivity index (χ0) is 9.30. The Labute approximate surface area is 68.6 Å². The van der Waals surface area contributed by atoms with Gasteiger partial charge in [-0.3, -0.25) is 9.48 Å². The number of hydrogen-bond donors (Lipinski definition) is 1. The summed E-state index contributed by atoms with van der Waals surface area (Å²) in [7, 11) is 1.65. The maximum Gasteiger partial charge on any atom is 0.377 e. The van der Waals surface area contributed by atoms with Crippen molar-refractivity contribution in [3.05, 3.63) is 17.5 Å². The van der Waals surface area contributed by atoms with E-state index in [9.17, 15) is 9.59 Å². The molecular formula is C7H8N2O3. The van der Waals surface area contributed by atoms with Gasteiger partial charge < -0.3 is 5.11 Å². The Kier molecular flexibility index (Phi) is 1.95. The van der Waals surface area contributed by atoms with Gasteiger partial charge in [0.15, 0.2) is 0 Å². The fourth-order valence-corrected chi connectivity index (χ4v) is 0.837. The highest BCUT2D eigenvalue weighted by atomic mass is 16.4. The third-order valence-electron chi connectivity index (χ3n) is 1.67. The van der Waals surface area contributed by atoms with Crippen LogP contribution in [0.2, 0.25) is 0 Å². The van der Waals surface area contributed by atoms with Gasteiger partial charge >= 0.3 is 5.97 Å². The van der Waals surface area contributed by atoms with Crippen molar-refractivity contribution in [2.75, 3.05) is 0 Å². The lowest BCUT2D eigenvalue weighted by Crippen LogP contribution is -2.13. The summed E-state index contributed by atoms with van der Waals surface area (Å²) in [6.45, 7) is 1.64. The van der Waals surface area contributed by atoms with Crippen LogP contribution in [0.25, 0.3) is 0 Å². The number of aliphatic carboxylic acids is 1. The summed E-state index contributed by atoms with van der Waals surface area (Å²) >= 11 is 0. The first-order chi connectivity index (χ1) is 5.54. The quantitative estimate of drug-likeness (QED) is 0.498. The lowest BCUT2D eigenvalue weighted by atomic mass is 10.2. The number of rotatable bonds is 2. The number of aryl methyl sites for hydroxylation is 1. The van der Waals surface area contributed by atoms with Gasteiger partial charge in [-0.2, -0.15) is 5.10 Å². The smallest absolute Gasteiger partial charge is 0.377 e. The van der Waals surface area contributed by atoms with Crippen molar-refractivity contribution in [2.24, 2.45) is 7.05 Å². The highest BCUT2D eigenvalue weighted by Gasteiger charge is 2.19. The van der Waals surface area contributed by atoms with Gasteiger partial charge in [0, 0.05) is 12.7 Å². The summed E-state index contributed by atoms with van der Waals surface area (Å²) in [6.07, 6.45) is 1.26. The van der Waals surface area contributed by atoms with Crippen molar-refractivity contribution < 1.29 is 14.7 Å². The van der Waals surface area contributed by atoms with Crippen LogP contribution >= 0.6 is 0 Å². The second-order valence-corrected chi connectivity index (χ2v) is 2.40. The molecule has 1 aromatic heterocycles. The summed E-state index contributed by atoms with van der Waals surface area (Å²) in [4.78, 5) is 21.2. The summed E-state index contributed by atoms with van der Waals surface area (Å²) in [6, 6.07) is 0. The molecule has 12 heavy (non-hydrogen) atoms. The maximum atomic E-state index is 10.9. The summed E-state index contributed by atoms with van der Waals surface area (Å²) < 4.78 is 1.45. The van der Waals surface area contributed by atoms with Crippen molar-refractivity contribution in [2.45, 2.75) is 6.92 Å². The largest absolute Gasteiger partial charge is 0.475 e. The topological polar surface area (TPSA) is 72.2 Å². The van der Waals surface area contributed by atoms with E-state index in [0.717, 1.165) is 0 Å². The average Bonchev–Trinajstić information content (AvgIpc) is 2.32. The number of carbonyl (C=O) groups is 2. The number of ketones is 1. The molecule has 0 bridgehead atoms. The highest BCUT2D eigenvalue weighted by molar-refractivity contribution is 6.40. The Hall–Kier alpha value is -1.65. The first-order valence-electron chi connectivity index (χ1n) is 3.30. The fourth-order valence-electron chi connectivity index (χ4n) is 0.837. The lowest BCUT2D eigenvalue weighted by Gasteiger charge is -1.94. The van der Waals surface area contributed by atoms with Crippen molar-refractivity contribution in [3.63, 3.8) is 0 Å². The minimum absolute atomic E-state index is 0.144. The van der Waals surface area contributed by atoms with Crippen LogP contribution in [0.3, 0.4) is 0 Å². The predicted octanol–water partition coefficient (Wildman–Crippen LogP) is -0.00418. The number of carbonyl (C=O) groups excluding carboxylic acids is 1. The van der Waals surface area contributed by atoms with Crippen LogP contribution in [0, 0.1) is 6.92 Å². The molecule has 0 fully saturated rings. The normalized spacial score (nSPS) is 9.83. The Balaban J connectivity index is 3.12. The van der Waals surface area contributed by atoms with E-state index in [1.54, 1.807) is 14.0 Å². The zero-order valence-corrected chi connectivity index (χ0v) is 6.74. The zero-order valence-electron chi connectivity index (χ0n) is 6.74. The molecule has 0 atom stereocenters. The maximum absolute atomic E-state index is 10.9. The molecule has 0 aliphatic heterocycles. The van der Waals surface area contributed by atoms with Gasteiger partial charge in [-0.05, 0) is 6.92 Å². The van der Waals surface area contributed by atoms with E-state index >= 15 is 0 Å². The number of hydrogen-bond acceptors (Lipinski definition) is 3. The van der Waals surface area contributed by atoms with Gasteiger partial charge in [0.2, 0.25) is 0 Å². The molecule has 5 heteroatoms. The highest BCUT2D eigenvalue weighted by Crippen LogP contribution is 2.05.